The van der Waals surface area contributed by atoms with Crippen LogP contribution in [0.15, 0.2) is 5.51 Å². The third-order valence-electron chi connectivity index (χ3n) is 2.43. The quantitative estimate of drug-likeness (QED) is 0.730. The fraction of sp³-hybridized carbons (Fsp3) is 0.714. The zero-order chi connectivity index (χ0) is 8.44. The average molecular weight is 184 g/mol. The van der Waals surface area contributed by atoms with Crippen molar-refractivity contribution in [1.82, 2.24) is 10.2 Å². The third-order valence-corrected chi connectivity index (χ3v) is 3.04. The lowest BCUT2D eigenvalue weighted by Gasteiger charge is -2.41. The Morgan fingerprint density at radius 1 is 1.67 bits per heavy atom. The summed E-state index contributed by atoms with van der Waals surface area (Å²) in [4.78, 5) is 0. The predicted molar refractivity (Wildman–Crippen MR) is 49.2 cm³/mol. The molecule has 66 valence electrons. The number of hydrogen-bond acceptors (Lipinski definition) is 5. The molecule has 1 aliphatic rings. The summed E-state index contributed by atoms with van der Waals surface area (Å²) in [5.74, 6) is 0. The summed E-state index contributed by atoms with van der Waals surface area (Å²) in [5.41, 5.74) is 7.53. The van der Waals surface area contributed by atoms with Crippen molar-refractivity contribution in [3.8, 4) is 0 Å². The lowest BCUT2D eigenvalue weighted by molar-refractivity contribution is 0.287. The molecule has 0 bridgehead atoms. The first kappa shape index (κ1) is 7.94. The van der Waals surface area contributed by atoms with Gasteiger partial charge < -0.3 is 11.1 Å². The molecule has 2 rings (SSSR count). The molecule has 1 fully saturated rings. The summed E-state index contributed by atoms with van der Waals surface area (Å²) in [6.07, 6.45) is 3.58. The molecule has 0 spiro atoms. The van der Waals surface area contributed by atoms with Crippen LogP contribution in [0.1, 0.15) is 19.3 Å². The maximum Gasteiger partial charge on any atom is 0.205 e. The van der Waals surface area contributed by atoms with Crippen molar-refractivity contribution < 1.29 is 0 Å². The van der Waals surface area contributed by atoms with Crippen molar-refractivity contribution in [3.63, 3.8) is 0 Å². The number of nitrogens with two attached hydrogens (primary N) is 1. The molecule has 0 unspecified atom stereocenters. The minimum atomic E-state index is 0.125. The van der Waals surface area contributed by atoms with Gasteiger partial charge >= 0.3 is 0 Å². The molecule has 0 atom stereocenters. The van der Waals surface area contributed by atoms with Gasteiger partial charge in [0.15, 0.2) is 0 Å². The monoisotopic (exact) mass is 184 g/mol. The van der Waals surface area contributed by atoms with E-state index in [0.717, 1.165) is 18.0 Å². The molecule has 3 N–H and O–H groups in total. The van der Waals surface area contributed by atoms with Gasteiger partial charge in [0.25, 0.3) is 0 Å². The summed E-state index contributed by atoms with van der Waals surface area (Å²) in [6.45, 7) is 0.687. The highest BCUT2D eigenvalue weighted by atomic mass is 32.1. The van der Waals surface area contributed by atoms with Gasteiger partial charge in [-0.2, -0.15) is 0 Å². The molecule has 0 amide bonds. The Hall–Kier alpha value is -0.680. The van der Waals surface area contributed by atoms with Crippen LogP contribution in [0, 0.1) is 0 Å². The Bertz CT molecular complexity index is 236. The van der Waals surface area contributed by atoms with E-state index in [1.807, 2.05) is 0 Å². The van der Waals surface area contributed by atoms with E-state index >= 15 is 0 Å². The topological polar surface area (TPSA) is 63.8 Å². The highest BCUT2D eigenvalue weighted by Gasteiger charge is 2.35. The molecular weight excluding hydrogens is 172 g/mol. The molecule has 0 aliphatic heterocycles. The summed E-state index contributed by atoms with van der Waals surface area (Å²) < 4.78 is 0. The summed E-state index contributed by atoms with van der Waals surface area (Å²) >= 11 is 1.53. The van der Waals surface area contributed by atoms with E-state index in [2.05, 4.69) is 15.5 Å². The molecule has 1 aromatic rings. The van der Waals surface area contributed by atoms with Crippen molar-refractivity contribution in [3.05, 3.63) is 5.51 Å². The molecule has 1 aliphatic carbocycles. The van der Waals surface area contributed by atoms with Gasteiger partial charge in [0.05, 0.1) is 5.54 Å². The summed E-state index contributed by atoms with van der Waals surface area (Å²) in [6, 6.07) is 0. The van der Waals surface area contributed by atoms with Gasteiger partial charge in [-0.1, -0.05) is 11.3 Å². The van der Waals surface area contributed by atoms with Crippen LogP contribution in [-0.2, 0) is 0 Å². The van der Waals surface area contributed by atoms with E-state index in [1.54, 1.807) is 5.51 Å². The van der Waals surface area contributed by atoms with Crippen molar-refractivity contribution in [2.75, 3.05) is 11.9 Å². The first-order valence-electron chi connectivity index (χ1n) is 4.09. The Balaban J connectivity index is 2.01. The van der Waals surface area contributed by atoms with Crippen LogP contribution in [0.25, 0.3) is 0 Å². The van der Waals surface area contributed by atoms with Crippen molar-refractivity contribution >= 4 is 16.5 Å². The van der Waals surface area contributed by atoms with Gasteiger partial charge in [-0.05, 0) is 19.3 Å². The minimum Gasteiger partial charge on any atom is -0.353 e. The van der Waals surface area contributed by atoms with Gasteiger partial charge in [-0.15, -0.1) is 10.2 Å². The number of aromatic nitrogens is 2. The molecule has 4 nitrogen and oxygen atoms in total. The standard InChI is InChI=1S/C7H12N4S/c8-4-7(2-1-3-7)10-6-11-9-5-12-6/h5H,1-4,8H2,(H,10,11). The van der Waals surface area contributed by atoms with E-state index in [4.69, 9.17) is 5.73 Å². The molecule has 12 heavy (non-hydrogen) atoms. The van der Waals surface area contributed by atoms with Crippen molar-refractivity contribution in [2.24, 2.45) is 5.73 Å². The Labute approximate surface area is 75.2 Å². The molecular formula is C7H12N4S. The third kappa shape index (κ3) is 1.30. The second-order valence-corrected chi connectivity index (χ2v) is 4.04. The zero-order valence-corrected chi connectivity index (χ0v) is 7.60. The summed E-state index contributed by atoms with van der Waals surface area (Å²) in [5, 5.41) is 11.9. The Morgan fingerprint density at radius 3 is 2.92 bits per heavy atom. The molecule has 0 aromatic carbocycles. The number of hydrogen-bond donors (Lipinski definition) is 2. The average Bonchev–Trinajstić information content (AvgIpc) is 2.49. The number of anilines is 1. The van der Waals surface area contributed by atoms with E-state index < -0.39 is 0 Å². The van der Waals surface area contributed by atoms with E-state index in [1.165, 1.54) is 17.8 Å². The van der Waals surface area contributed by atoms with E-state index in [-0.39, 0.29) is 5.54 Å². The van der Waals surface area contributed by atoms with Crippen molar-refractivity contribution in [2.45, 2.75) is 24.8 Å². The van der Waals surface area contributed by atoms with Crippen molar-refractivity contribution in [1.29, 1.82) is 0 Å². The predicted octanol–water partition coefficient (Wildman–Crippen LogP) is 0.831. The van der Waals surface area contributed by atoms with Crippen LogP contribution < -0.4 is 11.1 Å². The first-order chi connectivity index (χ1) is 5.85. The number of nitrogens with zero attached hydrogens (tertiary/aromatic N) is 2. The first-order valence-corrected chi connectivity index (χ1v) is 4.97. The van der Waals surface area contributed by atoms with Crippen LogP contribution in [-0.4, -0.2) is 22.3 Å². The minimum absolute atomic E-state index is 0.125. The molecule has 1 aromatic heterocycles. The zero-order valence-electron chi connectivity index (χ0n) is 6.79. The second kappa shape index (κ2) is 2.99. The second-order valence-electron chi connectivity index (χ2n) is 3.21. The van der Waals surface area contributed by atoms with Crippen LogP contribution in [0.3, 0.4) is 0 Å². The highest BCUT2D eigenvalue weighted by Crippen LogP contribution is 2.34. The fourth-order valence-corrected chi connectivity index (χ4v) is 2.00. The number of rotatable bonds is 3. The van der Waals surface area contributed by atoms with E-state index in [9.17, 15) is 0 Å². The maximum atomic E-state index is 5.68. The molecule has 1 saturated carbocycles. The lowest BCUT2D eigenvalue weighted by Crippen LogP contribution is -2.51. The largest absolute Gasteiger partial charge is 0.353 e. The van der Waals surface area contributed by atoms with Gasteiger partial charge in [0, 0.05) is 6.54 Å². The van der Waals surface area contributed by atoms with Crippen LogP contribution in [0.5, 0.6) is 0 Å². The van der Waals surface area contributed by atoms with Gasteiger partial charge in [0.1, 0.15) is 5.51 Å². The number of nitrogens with one attached hydrogen (secondary N) is 1. The SMILES string of the molecule is NCC1(Nc2nncs2)CCC1. The highest BCUT2D eigenvalue weighted by molar-refractivity contribution is 7.13. The van der Waals surface area contributed by atoms with Crippen LogP contribution >= 0.6 is 11.3 Å². The Morgan fingerprint density at radius 2 is 2.50 bits per heavy atom. The molecule has 1 heterocycles. The maximum absolute atomic E-state index is 5.68. The van der Waals surface area contributed by atoms with E-state index in [0.29, 0.717) is 6.54 Å². The fourth-order valence-electron chi connectivity index (χ4n) is 1.44. The molecule has 0 saturated heterocycles. The van der Waals surface area contributed by atoms with Gasteiger partial charge in [-0.25, -0.2) is 0 Å². The lowest BCUT2D eigenvalue weighted by atomic mass is 9.77. The normalized spacial score (nSPS) is 20.1. The van der Waals surface area contributed by atoms with Gasteiger partial charge in [-0.3, -0.25) is 0 Å². The van der Waals surface area contributed by atoms with Gasteiger partial charge in [0.2, 0.25) is 5.13 Å². The molecule has 0 radical (unpaired) electrons. The molecule has 5 heteroatoms. The van der Waals surface area contributed by atoms with Crippen LogP contribution in [0.2, 0.25) is 0 Å². The summed E-state index contributed by atoms with van der Waals surface area (Å²) in [7, 11) is 0. The Kier molecular flexibility index (Phi) is 1.98. The smallest absolute Gasteiger partial charge is 0.205 e. The van der Waals surface area contributed by atoms with Crippen LogP contribution in [0.4, 0.5) is 5.13 Å².